The summed E-state index contributed by atoms with van der Waals surface area (Å²) in [6.07, 6.45) is 2.96. The van der Waals surface area contributed by atoms with Gasteiger partial charge in [0.25, 0.3) is 5.91 Å². The molecular weight excluding hydrogens is 362 g/mol. The number of benzene rings is 2. The van der Waals surface area contributed by atoms with Gasteiger partial charge in [-0.15, -0.1) is 0 Å². The normalized spacial score (nSPS) is 15.6. The predicted molar refractivity (Wildman–Crippen MR) is 114 cm³/mol. The molecule has 0 spiro atoms. The number of hydrogen-bond acceptors (Lipinski definition) is 3. The van der Waals surface area contributed by atoms with E-state index in [0.29, 0.717) is 12.3 Å². The minimum absolute atomic E-state index is 0.0213. The molecule has 4 rings (SSSR count). The first-order valence-corrected chi connectivity index (χ1v) is 10.4. The van der Waals surface area contributed by atoms with Crippen molar-refractivity contribution in [3.05, 3.63) is 71.4 Å². The fraction of sp³-hybridized carbons (Fsp3) is 0.333. The van der Waals surface area contributed by atoms with E-state index in [1.807, 2.05) is 47.4 Å². The molecule has 0 aliphatic carbocycles. The van der Waals surface area contributed by atoms with Crippen molar-refractivity contribution in [1.82, 2.24) is 15.1 Å². The molecule has 0 radical (unpaired) electrons. The third-order valence-corrected chi connectivity index (χ3v) is 5.31. The maximum atomic E-state index is 13.2. The smallest absolute Gasteiger partial charge is 0.273 e. The summed E-state index contributed by atoms with van der Waals surface area (Å²) in [5.74, 6) is 0.860. The van der Waals surface area contributed by atoms with Crippen LogP contribution in [0.3, 0.4) is 0 Å². The number of fused-ring (bicyclic) bond motifs is 1. The number of nitrogens with one attached hydrogen (secondary N) is 1. The lowest BCUT2D eigenvalue weighted by Crippen LogP contribution is -2.30. The number of hydrogen-bond donors (Lipinski definition) is 1. The second-order valence-electron chi connectivity index (χ2n) is 7.40. The molecule has 1 atom stereocenters. The van der Waals surface area contributed by atoms with Crippen molar-refractivity contribution in [3.8, 4) is 17.0 Å². The van der Waals surface area contributed by atoms with E-state index < -0.39 is 0 Å². The summed E-state index contributed by atoms with van der Waals surface area (Å²) in [4.78, 5) is 15.2. The van der Waals surface area contributed by atoms with Gasteiger partial charge in [0, 0.05) is 17.7 Å². The third-order valence-electron chi connectivity index (χ3n) is 5.31. The number of aromatic nitrogens is 2. The second-order valence-corrected chi connectivity index (χ2v) is 7.40. The molecule has 1 amide bonds. The first-order chi connectivity index (χ1) is 14.2. The fourth-order valence-corrected chi connectivity index (χ4v) is 3.91. The zero-order valence-corrected chi connectivity index (χ0v) is 17.0. The summed E-state index contributed by atoms with van der Waals surface area (Å²) in [6.45, 7) is 5.64. The fourth-order valence-electron chi connectivity index (χ4n) is 3.91. The lowest BCUT2D eigenvalue weighted by molar-refractivity contribution is 0.0741. The van der Waals surface area contributed by atoms with E-state index >= 15 is 0 Å². The van der Waals surface area contributed by atoms with Gasteiger partial charge in [-0.05, 0) is 30.5 Å². The molecule has 150 valence electrons. The van der Waals surface area contributed by atoms with E-state index in [1.165, 1.54) is 0 Å². The number of carbonyl (C=O) groups is 1. The Hall–Kier alpha value is -3.08. The van der Waals surface area contributed by atoms with Gasteiger partial charge < -0.3 is 9.64 Å². The van der Waals surface area contributed by atoms with Crippen LogP contribution in [-0.2, 0) is 0 Å². The summed E-state index contributed by atoms with van der Waals surface area (Å²) >= 11 is 0. The molecule has 0 saturated carbocycles. The zero-order chi connectivity index (χ0) is 20.2. The summed E-state index contributed by atoms with van der Waals surface area (Å²) in [7, 11) is 0. The Morgan fingerprint density at radius 2 is 1.90 bits per heavy atom. The molecule has 1 unspecified atom stereocenters. The second kappa shape index (κ2) is 8.52. The zero-order valence-electron chi connectivity index (χ0n) is 17.0. The lowest BCUT2D eigenvalue weighted by Gasteiger charge is -2.26. The van der Waals surface area contributed by atoms with E-state index in [9.17, 15) is 4.79 Å². The molecule has 0 saturated heterocycles. The summed E-state index contributed by atoms with van der Waals surface area (Å²) in [6, 6.07) is 18.0. The monoisotopic (exact) mass is 389 g/mol. The standard InChI is InChI=1S/C24H27N3O2/c1-3-5-14-27-23(18-12-9-13-19(16-18)29-15-4-2)20-21(17-10-7-6-8-11-17)25-26-22(20)24(27)28/h6-13,16,23H,3-5,14-15H2,1-2H3,(H,25,26). The van der Waals surface area contributed by atoms with Gasteiger partial charge in [0.15, 0.2) is 0 Å². The Kier molecular flexibility index (Phi) is 5.65. The molecule has 2 heterocycles. The Morgan fingerprint density at radius 3 is 2.66 bits per heavy atom. The van der Waals surface area contributed by atoms with E-state index in [0.717, 1.165) is 53.9 Å². The Morgan fingerprint density at radius 1 is 1.07 bits per heavy atom. The number of H-pyrrole nitrogens is 1. The van der Waals surface area contributed by atoms with E-state index in [1.54, 1.807) is 0 Å². The topological polar surface area (TPSA) is 58.2 Å². The maximum Gasteiger partial charge on any atom is 0.273 e. The quantitative estimate of drug-likeness (QED) is 0.575. The molecule has 0 fully saturated rings. The first kappa shape index (κ1) is 19.2. The van der Waals surface area contributed by atoms with Crippen molar-refractivity contribution in [2.75, 3.05) is 13.2 Å². The molecule has 1 aliphatic heterocycles. The van der Waals surface area contributed by atoms with E-state index in [-0.39, 0.29) is 11.9 Å². The van der Waals surface area contributed by atoms with Crippen molar-refractivity contribution in [2.24, 2.45) is 0 Å². The van der Waals surface area contributed by atoms with E-state index in [2.05, 4.69) is 36.2 Å². The molecule has 1 aliphatic rings. The lowest BCUT2D eigenvalue weighted by atomic mass is 9.96. The molecule has 3 aromatic rings. The van der Waals surface area contributed by atoms with Crippen LogP contribution in [-0.4, -0.2) is 34.2 Å². The van der Waals surface area contributed by atoms with Crippen LogP contribution in [0.4, 0.5) is 0 Å². The van der Waals surface area contributed by atoms with Gasteiger partial charge in [0.05, 0.1) is 18.3 Å². The molecule has 5 heteroatoms. The van der Waals surface area contributed by atoms with Gasteiger partial charge in [0.1, 0.15) is 11.4 Å². The average molecular weight is 389 g/mol. The summed E-state index contributed by atoms with van der Waals surface area (Å²) in [5, 5.41) is 7.53. The van der Waals surface area contributed by atoms with Gasteiger partial charge in [-0.2, -0.15) is 5.10 Å². The van der Waals surface area contributed by atoms with Crippen LogP contribution in [0.1, 0.15) is 60.8 Å². The van der Waals surface area contributed by atoms with Crippen LogP contribution in [0.5, 0.6) is 5.75 Å². The van der Waals surface area contributed by atoms with Crippen LogP contribution in [0.2, 0.25) is 0 Å². The Balaban J connectivity index is 1.80. The van der Waals surface area contributed by atoms with Crippen LogP contribution >= 0.6 is 0 Å². The number of unbranched alkanes of at least 4 members (excludes halogenated alkanes) is 1. The molecule has 2 aromatic carbocycles. The first-order valence-electron chi connectivity index (χ1n) is 10.4. The van der Waals surface area contributed by atoms with E-state index in [4.69, 9.17) is 4.74 Å². The van der Waals surface area contributed by atoms with Gasteiger partial charge in [-0.25, -0.2) is 0 Å². The summed E-state index contributed by atoms with van der Waals surface area (Å²) < 4.78 is 5.86. The van der Waals surface area contributed by atoms with Crippen molar-refractivity contribution in [2.45, 2.75) is 39.2 Å². The van der Waals surface area contributed by atoms with Crippen LogP contribution in [0.15, 0.2) is 54.6 Å². The SMILES string of the molecule is CCCCN1C(=O)c2[nH]nc(-c3ccccc3)c2C1c1cccc(OCCC)c1. The van der Waals surface area contributed by atoms with Crippen LogP contribution < -0.4 is 4.74 Å². The average Bonchev–Trinajstić information content (AvgIpc) is 3.30. The largest absolute Gasteiger partial charge is 0.494 e. The number of aromatic amines is 1. The molecule has 1 N–H and O–H groups in total. The number of nitrogens with zero attached hydrogens (tertiary/aromatic N) is 2. The summed E-state index contributed by atoms with van der Waals surface area (Å²) in [5.41, 5.74) is 4.48. The van der Waals surface area contributed by atoms with Crippen molar-refractivity contribution in [1.29, 1.82) is 0 Å². The molecular formula is C24H27N3O2. The van der Waals surface area contributed by atoms with Crippen molar-refractivity contribution >= 4 is 5.91 Å². The van der Waals surface area contributed by atoms with Gasteiger partial charge >= 0.3 is 0 Å². The van der Waals surface area contributed by atoms with Crippen LogP contribution in [0.25, 0.3) is 11.3 Å². The third kappa shape index (κ3) is 3.65. The van der Waals surface area contributed by atoms with Gasteiger partial charge in [-0.3, -0.25) is 9.89 Å². The highest BCUT2D eigenvalue weighted by Gasteiger charge is 2.41. The number of rotatable bonds is 8. The maximum absolute atomic E-state index is 13.2. The van der Waals surface area contributed by atoms with Crippen molar-refractivity contribution in [3.63, 3.8) is 0 Å². The minimum atomic E-state index is -0.164. The number of ether oxygens (including phenoxy) is 1. The molecule has 29 heavy (non-hydrogen) atoms. The van der Waals surface area contributed by atoms with Gasteiger partial charge in [-0.1, -0.05) is 62.7 Å². The number of amides is 1. The molecule has 1 aromatic heterocycles. The Bertz CT molecular complexity index is 981. The highest BCUT2D eigenvalue weighted by Crippen LogP contribution is 2.43. The molecule has 5 nitrogen and oxygen atoms in total. The Labute approximate surface area is 171 Å². The van der Waals surface area contributed by atoms with Crippen LogP contribution in [0, 0.1) is 0 Å². The van der Waals surface area contributed by atoms with Crippen molar-refractivity contribution < 1.29 is 9.53 Å². The predicted octanol–water partition coefficient (Wildman–Crippen LogP) is 5.21. The minimum Gasteiger partial charge on any atom is -0.494 e. The molecule has 0 bridgehead atoms. The number of carbonyl (C=O) groups excluding carboxylic acids is 1. The highest BCUT2D eigenvalue weighted by atomic mass is 16.5. The van der Waals surface area contributed by atoms with Gasteiger partial charge in [0.2, 0.25) is 0 Å². The highest BCUT2D eigenvalue weighted by molar-refractivity contribution is 6.00.